The van der Waals surface area contributed by atoms with E-state index in [0.717, 1.165) is 32.5 Å². The number of amides is 1. The van der Waals surface area contributed by atoms with Crippen LogP contribution in [0.5, 0.6) is 5.75 Å². The summed E-state index contributed by atoms with van der Waals surface area (Å²) in [4.78, 5) is 14.7. The molecule has 0 saturated heterocycles. The minimum absolute atomic E-state index is 0.113. The molecule has 160 valence electrons. The minimum Gasteiger partial charge on any atom is -0.497 e. The highest BCUT2D eigenvalue weighted by atomic mass is 32.2. The number of furan rings is 1. The molecule has 0 atom stereocenters. The predicted octanol–water partition coefficient (Wildman–Crippen LogP) is 3.11. The first-order chi connectivity index (χ1) is 13.9. The third-order valence-electron chi connectivity index (χ3n) is 4.62. The van der Waals surface area contributed by atoms with Crippen LogP contribution >= 0.6 is 0 Å². The topological polar surface area (TPSA) is 88.9 Å². The quantitative estimate of drug-likeness (QED) is 0.565. The monoisotopic (exact) mass is 422 g/mol. The fraction of sp³-hybridized carbons (Fsp3) is 0.476. The zero-order chi connectivity index (χ0) is 21.3. The van der Waals surface area contributed by atoms with Crippen molar-refractivity contribution in [3.63, 3.8) is 0 Å². The van der Waals surface area contributed by atoms with Gasteiger partial charge in [0.1, 0.15) is 17.3 Å². The van der Waals surface area contributed by atoms with Crippen LogP contribution in [0.3, 0.4) is 0 Å². The minimum atomic E-state index is -3.58. The summed E-state index contributed by atoms with van der Waals surface area (Å²) in [5.74, 6) is 0.264. The number of sulfone groups is 1. The normalized spacial score (nSPS) is 11.6. The summed E-state index contributed by atoms with van der Waals surface area (Å²) in [7, 11) is -2.06. The summed E-state index contributed by atoms with van der Waals surface area (Å²) in [6, 6.07) is 9.19. The van der Waals surface area contributed by atoms with Crippen molar-refractivity contribution in [2.75, 3.05) is 33.3 Å². The van der Waals surface area contributed by atoms with E-state index in [2.05, 4.69) is 24.1 Å². The molecule has 1 heterocycles. The smallest absolute Gasteiger partial charge is 0.287 e. The molecule has 2 rings (SSSR count). The maximum absolute atomic E-state index is 12.5. The SMILES string of the molecule is CCCCN(CC)CCNC(=O)c1ccc(CS(=O)(=O)c2ccc(OC)cc2)o1. The molecule has 0 unspecified atom stereocenters. The highest BCUT2D eigenvalue weighted by molar-refractivity contribution is 7.90. The molecule has 0 bridgehead atoms. The number of benzene rings is 1. The van der Waals surface area contributed by atoms with Gasteiger partial charge >= 0.3 is 0 Å². The van der Waals surface area contributed by atoms with Crippen LogP contribution in [0.4, 0.5) is 0 Å². The van der Waals surface area contributed by atoms with Gasteiger partial charge in [0.15, 0.2) is 15.6 Å². The zero-order valence-corrected chi connectivity index (χ0v) is 18.1. The highest BCUT2D eigenvalue weighted by Gasteiger charge is 2.19. The van der Waals surface area contributed by atoms with Gasteiger partial charge in [0.2, 0.25) is 0 Å². The molecule has 1 aromatic carbocycles. The average molecular weight is 423 g/mol. The molecular weight excluding hydrogens is 392 g/mol. The largest absolute Gasteiger partial charge is 0.497 e. The van der Waals surface area contributed by atoms with Crippen LogP contribution in [-0.4, -0.2) is 52.5 Å². The van der Waals surface area contributed by atoms with Crippen LogP contribution in [0.2, 0.25) is 0 Å². The van der Waals surface area contributed by atoms with Gasteiger partial charge in [-0.15, -0.1) is 0 Å². The maximum atomic E-state index is 12.5. The van der Waals surface area contributed by atoms with E-state index in [1.165, 1.54) is 31.4 Å². The van der Waals surface area contributed by atoms with Gasteiger partial charge in [0, 0.05) is 13.1 Å². The summed E-state index contributed by atoms with van der Waals surface area (Å²) in [6.07, 6.45) is 2.27. The first-order valence-corrected chi connectivity index (χ1v) is 11.5. The number of methoxy groups -OCH3 is 1. The third-order valence-corrected chi connectivity index (χ3v) is 6.28. The number of hydrogen-bond donors (Lipinski definition) is 1. The van der Waals surface area contributed by atoms with Crippen molar-refractivity contribution in [1.29, 1.82) is 0 Å². The van der Waals surface area contributed by atoms with Crippen LogP contribution in [0.1, 0.15) is 43.0 Å². The number of rotatable bonds is 12. The Bertz CT molecular complexity index is 875. The fourth-order valence-electron chi connectivity index (χ4n) is 2.86. The van der Waals surface area contributed by atoms with Crippen LogP contribution in [0.25, 0.3) is 0 Å². The molecule has 7 nitrogen and oxygen atoms in total. The molecule has 0 radical (unpaired) electrons. The van der Waals surface area contributed by atoms with E-state index in [9.17, 15) is 13.2 Å². The maximum Gasteiger partial charge on any atom is 0.287 e. The van der Waals surface area contributed by atoms with Crippen LogP contribution in [0.15, 0.2) is 45.7 Å². The Labute approximate surface area is 173 Å². The van der Waals surface area contributed by atoms with Gasteiger partial charge in [-0.3, -0.25) is 4.79 Å². The second kappa shape index (κ2) is 11.0. The molecule has 0 aliphatic carbocycles. The second-order valence-corrected chi connectivity index (χ2v) is 8.73. The molecule has 1 aromatic heterocycles. The number of carbonyl (C=O) groups is 1. The standard InChI is InChI=1S/C21H30N2O5S/c1-4-6-14-23(5-2)15-13-22-21(24)20-12-9-18(28-20)16-29(25,26)19-10-7-17(27-3)8-11-19/h7-12H,4-6,13-16H2,1-3H3,(H,22,24). The first-order valence-electron chi connectivity index (χ1n) is 9.85. The lowest BCUT2D eigenvalue weighted by molar-refractivity contribution is 0.0919. The lowest BCUT2D eigenvalue weighted by Crippen LogP contribution is -2.35. The Morgan fingerprint density at radius 3 is 2.45 bits per heavy atom. The summed E-state index contributed by atoms with van der Waals surface area (Å²) in [5, 5.41) is 2.82. The van der Waals surface area contributed by atoms with Gasteiger partial charge in [0.05, 0.1) is 12.0 Å². The lowest BCUT2D eigenvalue weighted by atomic mass is 10.3. The average Bonchev–Trinajstić information content (AvgIpc) is 3.18. The van der Waals surface area contributed by atoms with Crippen LogP contribution < -0.4 is 10.1 Å². The summed E-state index contributed by atoms with van der Waals surface area (Å²) in [5.41, 5.74) is 0. The second-order valence-electron chi connectivity index (χ2n) is 6.74. The highest BCUT2D eigenvalue weighted by Crippen LogP contribution is 2.21. The molecule has 1 amide bonds. The predicted molar refractivity (Wildman–Crippen MR) is 112 cm³/mol. The van der Waals surface area contributed by atoms with Gasteiger partial charge in [0.25, 0.3) is 5.91 Å². The van der Waals surface area contributed by atoms with Crippen molar-refractivity contribution in [3.8, 4) is 5.75 Å². The van der Waals surface area contributed by atoms with Crippen molar-refractivity contribution >= 4 is 15.7 Å². The van der Waals surface area contributed by atoms with Gasteiger partial charge in [-0.2, -0.15) is 0 Å². The van der Waals surface area contributed by atoms with Crippen LogP contribution in [-0.2, 0) is 15.6 Å². The molecule has 0 aliphatic rings. The van der Waals surface area contributed by atoms with E-state index in [1.54, 1.807) is 12.1 Å². The summed E-state index contributed by atoms with van der Waals surface area (Å²) >= 11 is 0. The molecule has 1 N–H and O–H groups in total. The Hall–Kier alpha value is -2.32. The Morgan fingerprint density at radius 1 is 1.10 bits per heavy atom. The zero-order valence-electron chi connectivity index (χ0n) is 17.3. The number of ether oxygens (including phenoxy) is 1. The molecule has 2 aromatic rings. The van der Waals surface area contributed by atoms with Gasteiger partial charge in [-0.1, -0.05) is 20.3 Å². The molecule has 29 heavy (non-hydrogen) atoms. The number of likely N-dealkylation sites (N-methyl/N-ethyl adjacent to an activating group) is 1. The van der Waals surface area contributed by atoms with E-state index >= 15 is 0 Å². The van der Waals surface area contributed by atoms with E-state index in [4.69, 9.17) is 9.15 Å². The third kappa shape index (κ3) is 6.90. The molecule has 0 saturated carbocycles. The van der Waals surface area contributed by atoms with Crippen molar-refractivity contribution in [3.05, 3.63) is 47.9 Å². The number of carbonyl (C=O) groups excluding carboxylic acids is 1. The van der Waals surface area contributed by atoms with Crippen molar-refractivity contribution in [1.82, 2.24) is 10.2 Å². The van der Waals surface area contributed by atoms with Crippen molar-refractivity contribution < 1.29 is 22.4 Å². The van der Waals surface area contributed by atoms with Gasteiger partial charge in [-0.05, 0) is 55.9 Å². The van der Waals surface area contributed by atoms with E-state index < -0.39 is 9.84 Å². The molecule has 0 spiro atoms. The molecule has 0 fully saturated rings. The first kappa shape index (κ1) is 23.0. The van der Waals surface area contributed by atoms with E-state index in [0.29, 0.717) is 12.3 Å². The molecular formula is C21H30N2O5S. The number of hydrogen-bond acceptors (Lipinski definition) is 6. The Morgan fingerprint density at radius 2 is 1.83 bits per heavy atom. The number of nitrogens with one attached hydrogen (secondary N) is 1. The Kier molecular flexibility index (Phi) is 8.72. The number of unbranched alkanes of at least 4 members (excludes halogenated alkanes) is 1. The summed E-state index contributed by atoms with van der Waals surface area (Å²) in [6.45, 7) is 7.47. The summed E-state index contributed by atoms with van der Waals surface area (Å²) < 4.78 is 35.6. The van der Waals surface area contributed by atoms with E-state index in [-0.39, 0.29) is 28.1 Å². The lowest BCUT2D eigenvalue weighted by Gasteiger charge is -2.19. The Balaban J connectivity index is 1.91. The van der Waals surface area contributed by atoms with Crippen LogP contribution in [0, 0.1) is 0 Å². The van der Waals surface area contributed by atoms with E-state index in [1.807, 2.05) is 0 Å². The van der Waals surface area contributed by atoms with Gasteiger partial charge < -0.3 is 19.4 Å². The number of nitrogens with zero attached hydrogens (tertiary/aromatic N) is 1. The molecule has 0 aliphatic heterocycles. The molecule has 8 heteroatoms. The van der Waals surface area contributed by atoms with Gasteiger partial charge in [-0.25, -0.2) is 8.42 Å². The van der Waals surface area contributed by atoms with Crippen molar-refractivity contribution in [2.24, 2.45) is 0 Å². The fourth-order valence-corrected chi connectivity index (χ4v) is 4.10. The van der Waals surface area contributed by atoms with Crippen molar-refractivity contribution in [2.45, 2.75) is 37.3 Å².